The van der Waals surface area contributed by atoms with Crippen molar-refractivity contribution < 1.29 is 22.7 Å². The maximum atomic E-state index is 12.0. The monoisotopic (exact) mass is 378 g/mol. The molecule has 140 valence electrons. The van der Waals surface area contributed by atoms with Gasteiger partial charge in [0.1, 0.15) is 11.5 Å². The van der Waals surface area contributed by atoms with E-state index < -0.39 is 10.0 Å². The molecule has 0 bridgehead atoms. The molecular formula is C18H22N2O5S. The van der Waals surface area contributed by atoms with Gasteiger partial charge in [-0.2, -0.15) is 0 Å². The van der Waals surface area contributed by atoms with Gasteiger partial charge in [-0.15, -0.1) is 0 Å². The number of methoxy groups -OCH3 is 1. The minimum Gasteiger partial charge on any atom is -0.495 e. The second-order valence-electron chi connectivity index (χ2n) is 5.41. The molecule has 0 aliphatic heterocycles. The van der Waals surface area contributed by atoms with Crippen LogP contribution in [0.15, 0.2) is 53.4 Å². The highest BCUT2D eigenvalue weighted by atomic mass is 32.2. The number of hydrogen-bond donors (Lipinski definition) is 2. The fourth-order valence-electron chi connectivity index (χ4n) is 2.12. The lowest BCUT2D eigenvalue weighted by molar-refractivity contribution is -0.118. The average molecular weight is 378 g/mol. The number of carbonyl (C=O) groups excluding carboxylic acids is 1. The fourth-order valence-corrected chi connectivity index (χ4v) is 3.25. The summed E-state index contributed by atoms with van der Waals surface area (Å²) in [4.78, 5) is 12.2. The molecule has 0 aromatic heterocycles. The number of para-hydroxylation sites is 2. The smallest absolute Gasteiger partial charge is 0.262 e. The van der Waals surface area contributed by atoms with E-state index in [2.05, 4.69) is 10.0 Å². The largest absolute Gasteiger partial charge is 0.495 e. The number of nitrogens with one attached hydrogen (secondary N) is 2. The van der Waals surface area contributed by atoms with Gasteiger partial charge in [0.2, 0.25) is 10.0 Å². The van der Waals surface area contributed by atoms with Crippen LogP contribution in [0.3, 0.4) is 0 Å². The van der Waals surface area contributed by atoms with E-state index in [0.29, 0.717) is 30.2 Å². The van der Waals surface area contributed by atoms with Crippen LogP contribution in [0.4, 0.5) is 5.69 Å². The molecule has 0 atom stereocenters. The number of rotatable bonds is 9. The molecule has 0 fully saturated rings. The maximum absolute atomic E-state index is 12.0. The molecule has 0 heterocycles. The van der Waals surface area contributed by atoms with Crippen LogP contribution in [0.25, 0.3) is 0 Å². The number of hydrogen-bond acceptors (Lipinski definition) is 5. The first-order valence-electron chi connectivity index (χ1n) is 8.11. The number of amides is 1. The van der Waals surface area contributed by atoms with Gasteiger partial charge in [0.15, 0.2) is 6.61 Å². The highest BCUT2D eigenvalue weighted by molar-refractivity contribution is 7.89. The van der Waals surface area contributed by atoms with Gasteiger partial charge in [-0.3, -0.25) is 4.79 Å². The Morgan fingerprint density at radius 3 is 2.42 bits per heavy atom. The van der Waals surface area contributed by atoms with Gasteiger partial charge in [0, 0.05) is 6.54 Å². The maximum Gasteiger partial charge on any atom is 0.262 e. The van der Waals surface area contributed by atoms with E-state index in [1.54, 1.807) is 24.3 Å². The van der Waals surface area contributed by atoms with Crippen molar-refractivity contribution in [3.63, 3.8) is 0 Å². The fraction of sp³-hybridized carbons (Fsp3) is 0.278. The summed E-state index contributed by atoms with van der Waals surface area (Å²) in [7, 11) is -2.00. The Kier molecular flexibility index (Phi) is 6.99. The predicted octanol–water partition coefficient (Wildman–Crippen LogP) is 2.40. The molecule has 2 N–H and O–H groups in total. The zero-order valence-electron chi connectivity index (χ0n) is 14.7. The van der Waals surface area contributed by atoms with Gasteiger partial charge in [0.05, 0.1) is 17.7 Å². The van der Waals surface area contributed by atoms with Crippen LogP contribution in [0.2, 0.25) is 0 Å². The summed E-state index contributed by atoms with van der Waals surface area (Å²) in [6, 6.07) is 12.9. The van der Waals surface area contributed by atoms with E-state index in [0.717, 1.165) is 0 Å². The first-order valence-corrected chi connectivity index (χ1v) is 9.60. The van der Waals surface area contributed by atoms with Crippen molar-refractivity contribution in [2.24, 2.45) is 0 Å². The van der Waals surface area contributed by atoms with E-state index in [9.17, 15) is 13.2 Å². The van der Waals surface area contributed by atoms with Crippen LogP contribution in [-0.4, -0.2) is 34.6 Å². The summed E-state index contributed by atoms with van der Waals surface area (Å²) in [6.45, 7) is 2.05. The molecule has 0 aliphatic rings. The van der Waals surface area contributed by atoms with Gasteiger partial charge in [-0.05, 0) is 42.8 Å². The van der Waals surface area contributed by atoms with Crippen LogP contribution >= 0.6 is 0 Å². The molecule has 2 rings (SSSR count). The molecule has 2 aromatic rings. The van der Waals surface area contributed by atoms with E-state index in [1.807, 2.05) is 6.92 Å². The van der Waals surface area contributed by atoms with Gasteiger partial charge < -0.3 is 14.8 Å². The Hall–Kier alpha value is -2.58. The molecule has 8 heteroatoms. The van der Waals surface area contributed by atoms with Crippen LogP contribution in [0.5, 0.6) is 11.5 Å². The number of benzene rings is 2. The van der Waals surface area contributed by atoms with E-state index in [-0.39, 0.29) is 17.4 Å². The molecule has 1 amide bonds. The molecule has 2 aromatic carbocycles. The molecule has 7 nitrogen and oxygen atoms in total. The molecule has 0 radical (unpaired) electrons. The highest BCUT2D eigenvalue weighted by Gasteiger charge is 2.13. The minimum atomic E-state index is -3.52. The van der Waals surface area contributed by atoms with Gasteiger partial charge in [-0.1, -0.05) is 19.1 Å². The molecule has 0 aliphatic carbocycles. The summed E-state index contributed by atoms with van der Waals surface area (Å²) in [5.41, 5.74) is 0.548. The standard InChI is InChI=1S/C18H22N2O5S/c1-3-12-19-26(22,23)15-10-8-14(9-11-15)25-13-18(21)20-16-6-4-5-7-17(16)24-2/h4-11,19H,3,12-13H2,1-2H3,(H,20,21). The third-order valence-electron chi connectivity index (χ3n) is 3.43. The quantitative estimate of drug-likeness (QED) is 0.699. The van der Waals surface area contributed by atoms with Crippen molar-refractivity contribution in [2.75, 3.05) is 25.6 Å². The van der Waals surface area contributed by atoms with Gasteiger partial charge >= 0.3 is 0 Å². The summed E-state index contributed by atoms with van der Waals surface area (Å²) in [5.74, 6) is 0.598. The second kappa shape index (κ2) is 9.21. The van der Waals surface area contributed by atoms with Crippen LogP contribution in [0.1, 0.15) is 13.3 Å². The number of anilines is 1. The minimum absolute atomic E-state index is 0.150. The van der Waals surface area contributed by atoms with Gasteiger partial charge in [0.25, 0.3) is 5.91 Å². The highest BCUT2D eigenvalue weighted by Crippen LogP contribution is 2.23. The summed E-state index contributed by atoms with van der Waals surface area (Å²) in [5, 5.41) is 2.70. The lowest BCUT2D eigenvalue weighted by atomic mass is 10.3. The number of ether oxygens (including phenoxy) is 2. The molecule has 0 saturated heterocycles. The van der Waals surface area contributed by atoms with Crippen molar-refractivity contribution in [1.29, 1.82) is 0 Å². The molecular weight excluding hydrogens is 356 g/mol. The average Bonchev–Trinajstić information content (AvgIpc) is 2.65. The van der Waals surface area contributed by atoms with E-state index in [1.165, 1.54) is 31.4 Å². The topological polar surface area (TPSA) is 93.7 Å². The van der Waals surface area contributed by atoms with Crippen LogP contribution < -0.4 is 19.5 Å². The van der Waals surface area contributed by atoms with Gasteiger partial charge in [-0.25, -0.2) is 13.1 Å². The Morgan fingerprint density at radius 1 is 1.08 bits per heavy atom. The Balaban J connectivity index is 1.92. The van der Waals surface area contributed by atoms with Crippen molar-refractivity contribution in [3.05, 3.63) is 48.5 Å². The molecule has 0 unspecified atom stereocenters. The Labute approximate surface area is 153 Å². The Morgan fingerprint density at radius 2 is 1.77 bits per heavy atom. The van der Waals surface area contributed by atoms with Crippen molar-refractivity contribution in [3.8, 4) is 11.5 Å². The van der Waals surface area contributed by atoms with Crippen molar-refractivity contribution in [1.82, 2.24) is 4.72 Å². The third-order valence-corrected chi connectivity index (χ3v) is 4.90. The first kappa shape index (κ1) is 19.7. The van der Waals surface area contributed by atoms with Crippen LogP contribution in [-0.2, 0) is 14.8 Å². The first-order chi connectivity index (χ1) is 12.5. The Bertz CT molecular complexity index is 835. The third kappa shape index (κ3) is 5.47. The summed E-state index contributed by atoms with van der Waals surface area (Å²) >= 11 is 0. The normalized spacial score (nSPS) is 11.0. The lowest BCUT2D eigenvalue weighted by Crippen LogP contribution is -2.24. The summed E-state index contributed by atoms with van der Waals surface area (Å²) in [6.07, 6.45) is 0.710. The van der Waals surface area contributed by atoms with Crippen molar-refractivity contribution in [2.45, 2.75) is 18.2 Å². The number of sulfonamides is 1. The SMILES string of the molecule is CCCNS(=O)(=O)c1ccc(OCC(=O)Nc2ccccc2OC)cc1. The predicted molar refractivity (Wildman–Crippen MR) is 99.0 cm³/mol. The molecule has 0 saturated carbocycles. The second-order valence-corrected chi connectivity index (χ2v) is 7.17. The lowest BCUT2D eigenvalue weighted by Gasteiger charge is -2.11. The molecule has 0 spiro atoms. The number of carbonyl (C=O) groups is 1. The van der Waals surface area contributed by atoms with E-state index in [4.69, 9.17) is 9.47 Å². The zero-order valence-corrected chi connectivity index (χ0v) is 15.5. The summed E-state index contributed by atoms with van der Waals surface area (Å²) < 4.78 is 37.1. The van der Waals surface area contributed by atoms with Crippen molar-refractivity contribution >= 4 is 21.6 Å². The molecule has 26 heavy (non-hydrogen) atoms. The zero-order chi connectivity index (χ0) is 19.0. The van der Waals surface area contributed by atoms with Crippen LogP contribution in [0, 0.1) is 0 Å². The van der Waals surface area contributed by atoms with E-state index >= 15 is 0 Å².